The molecule has 0 bridgehead atoms. The molecule has 1 aliphatic heterocycles. The van der Waals surface area contributed by atoms with Crippen molar-refractivity contribution in [1.82, 2.24) is 4.90 Å². The molecule has 1 aliphatic rings. The quantitative estimate of drug-likeness (QED) is 0.661. The molecule has 8 nitrogen and oxygen atoms in total. The molecule has 3 rings (SSSR count). The van der Waals surface area contributed by atoms with Crippen LogP contribution in [0.3, 0.4) is 0 Å². The van der Waals surface area contributed by atoms with Crippen LogP contribution in [0.25, 0.3) is 0 Å². The van der Waals surface area contributed by atoms with E-state index < -0.39 is 11.2 Å². The van der Waals surface area contributed by atoms with E-state index in [4.69, 9.17) is 4.74 Å². The number of nitrogens with zero attached hydrogens (tertiary/aromatic N) is 2. The molecule has 1 fully saturated rings. The zero-order valence-corrected chi connectivity index (χ0v) is 18.3. The zero-order valence-electron chi connectivity index (χ0n) is 17.5. The van der Waals surface area contributed by atoms with Gasteiger partial charge in [-0.15, -0.1) is 0 Å². The minimum Gasteiger partial charge on any atom is -0.497 e. The number of carbonyl (C=O) groups excluding carboxylic acids is 3. The molecule has 0 aliphatic carbocycles. The lowest BCUT2D eigenvalue weighted by Crippen LogP contribution is -2.33. The van der Waals surface area contributed by atoms with Gasteiger partial charge in [0.15, 0.2) is 5.17 Å². The van der Waals surface area contributed by atoms with Crippen LogP contribution in [0.5, 0.6) is 5.75 Å². The van der Waals surface area contributed by atoms with Crippen molar-refractivity contribution in [3.05, 3.63) is 54.1 Å². The van der Waals surface area contributed by atoms with Crippen molar-refractivity contribution in [3.8, 4) is 5.75 Å². The fraction of sp³-hybridized carbons (Fsp3) is 0.273. The van der Waals surface area contributed by atoms with Gasteiger partial charge in [-0.3, -0.25) is 14.5 Å². The summed E-state index contributed by atoms with van der Waals surface area (Å²) in [5.41, 5.74) is 1.65. The molecule has 1 heterocycles. The first kappa shape index (κ1) is 22.4. The van der Waals surface area contributed by atoms with Crippen molar-refractivity contribution < 1.29 is 23.9 Å². The van der Waals surface area contributed by atoms with E-state index in [2.05, 4.69) is 15.0 Å². The van der Waals surface area contributed by atoms with Gasteiger partial charge in [-0.1, -0.05) is 11.8 Å². The molecule has 0 spiro atoms. The topological polar surface area (TPSA) is 97.3 Å². The third kappa shape index (κ3) is 5.43. The fourth-order valence-electron chi connectivity index (χ4n) is 2.97. The highest BCUT2D eigenvalue weighted by Crippen LogP contribution is 2.32. The first-order valence-electron chi connectivity index (χ1n) is 9.64. The van der Waals surface area contributed by atoms with Gasteiger partial charge in [0.2, 0.25) is 11.8 Å². The normalized spacial score (nSPS) is 17.0. The summed E-state index contributed by atoms with van der Waals surface area (Å²) in [5, 5.41) is 2.78. The Morgan fingerprint density at radius 1 is 1.10 bits per heavy atom. The molecule has 162 valence electrons. The summed E-state index contributed by atoms with van der Waals surface area (Å²) in [7, 11) is 2.89. The van der Waals surface area contributed by atoms with E-state index in [0.29, 0.717) is 34.4 Å². The van der Waals surface area contributed by atoms with Crippen LogP contribution < -0.4 is 10.1 Å². The van der Waals surface area contributed by atoms with Gasteiger partial charge in [0, 0.05) is 18.7 Å². The highest BCUT2D eigenvalue weighted by molar-refractivity contribution is 8.15. The monoisotopic (exact) mass is 441 g/mol. The van der Waals surface area contributed by atoms with Crippen molar-refractivity contribution in [2.24, 2.45) is 4.99 Å². The van der Waals surface area contributed by atoms with E-state index in [1.165, 1.54) is 18.9 Å². The third-order valence-electron chi connectivity index (χ3n) is 4.59. The van der Waals surface area contributed by atoms with Crippen LogP contribution in [0, 0.1) is 0 Å². The Kier molecular flexibility index (Phi) is 7.30. The number of benzene rings is 2. The van der Waals surface area contributed by atoms with E-state index >= 15 is 0 Å². The van der Waals surface area contributed by atoms with Crippen LogP contribution in [-0.4, -0.2) is 53.9 Å². The number of aliphatic imine (C=N–C) groups is 1. The lowest BCUT2D eigenvalue weighted by Gasteiger charge is -2.13. The summed E-state index contributed by atoms with van der Waals surface area (Å²) < 4.78 is 9.79. The number of amidine groups is 1. The molecule has 1 atom stereocenters. The second kappa shape index (κ2) is 10.1. The number of ether oxygens (including phenoxy) is 2. The lowest BCUT2D eigenvalue weighted by molar-refractivity contribution is -0.128. The Morgan fingerprint density at radius 2 is 1.77 bits per heavy atom. The highest BCUT2D eigenvalue weighted by Gasteiger charge is 2.38. The van der Waals surface area contributed by atoms with E-state index in [-0.39, 0.29) is 18.2 Å². The van der Waals surface area contributed by atoms with Crippen LogP contribution in [0.15, 0.2) is 53.5 Å². The maximum Gasteiger partial charge on any atom is 0.337 e. The van der Waals surface area contributed by atoms with Crippen LogP contribution in [0.4, 0.5) is 11.4 Å². The summed E-state index contributed by atoms with van der Waals surface area (Å²) >= 11 is 1.26. The van der Waals surface area contributed by atoms with E-state index in [1.54, 1.807) is 60.5 Å². The number of anilines is 1. The van der Waals surface area contributed by atoms with Crippen molar-refractivity contribution in [3.63, 3.8) is 0 Å². The van der Waals surface area contributed by atoms with E-state index in [9.17, 15) is 14.4 Å². The molecular weight excluding hydrogens is 418 g/mol. The number of hydrogen-bond acceptors (Lipinski definition) is 7. The first-order valence-corrected chi connectivity index (χ1v) is 10.5. The lowest BCUT2D eigenvalue weighted by atomic mass is 10.2. The second-order valence-corrected chi connectivity index (χ2v) is 7.77. The Balaban J connectivity index is 1.67. The number of nitrogens with one attached hydrogen (secondary N) is 1. The van der Waals surface area contributed by atoms with E-state index in [1.807, 2.05) is 6.92 Å². The summed E-state index contributed by atoms with van der Waals surface area (Å²) in [5.74, 6) is -0.139. The predicted octanol–water partition coefficient (Wildman–Crippen LogP) is 3.46. The molecule has 1 N–H and O–H groups in total. The fourth-order valence-corrected chi connectivity index (χ4v) is 4.19. The highest BCUT2D eigenvalue weighted by atomic mass is 32.2. The van der Waals surface area contributed by atoms with Gasteiger partial charge in [-0.05, 0) is 55.5 Å². The Hall–Kier alpha value is -3.33. The number of hydrogen-bond donors (Lipinski definition) is 1. The molecule has 2 aromatic rings. The van der Waals surface area contributed by atoms with Crippen molar-refractivity contribution in [2.45, 2.75) is 18.6 Å². The summed E-state index contributed by atoms with van der Waals surface area (Å²) in [4.78, 5) is 42.9. The van der Waals surface area contributed by atoms with Gasteiger partial charge < -0.3 is 14.8 Å². The third-order valence-corrected chi connectivity index (χ3v) is 5.77. The van der Waals surface area contributed by atoms with Crippen LogP contribution in [-0.2, 0) is 14.3 Å². The molecule has 2 amide bonds. The maximum atomic E-state index is 12.8. The van der Waals surface area contributed by atoms with Crippen LogP contribution in [0.2, 0.25) is 0 Å². The number of rotatable bonds is 7. The largest absolute Gasteiger partial charge is 0.497 e. The standard InChI is InChI=1S/C22H23N3O5S/c1-4-25-20(27)18(13-19(26)23-15-9-11-17(29-2)12-10-15)31-22(25)24-16-7-5-14(6-8-16)21(28)30-3/h5-12,18H,4,13H2,1-3H3,(H,23,26)/t18-/m1/s1. The minimum absolute atomic E-state index is 0.0341. The van der Waals surface area contributed by atoms with Gasteiger partial charge in [-0.25, -0.2) is 9.79 Å². The van der Waals surface area contributed by atoms with Crippen LogP contribution in [0.1, 0.15) is 23.7 Å². The van der Waals surface area contributed by atoms with Gasteiger partial charge in [0.05, 0.1) is 25.5 Å². The first-order chi connectivity index (χ1) is 14.9. The van der Waals surface area contributed by atoms with E-state index in [0.717, 1.165) is 0 Å². The Morgan fingerprint density at radius 3 is 2.35 bits per heavy atom. The second-order valence-electron chi connectivity index (χ2n) is 6.60. The minimum atomic E-state index is -0.550. The molecule has 0 radical (unpaired) electrons. The van der Waals surface area contributed by atoms with Crippen molar-refractivity contribution in [2.75, 3.05) is 26.1 Å². The number of esters is 1. The van der Waals surface area contributed by atoms with Gasteiger partial charge in [-0.2, -0.15) is 0 Å². The average molecular weight is 442 g/mol. The molecular formula is C22H23N3O5S. The van der Waals surface area contributed by atoms with Gasteiger partial charge in [0.1, 0.15) is 11.0 Å². The molecule has 0 saturated carbocycles. The molecule has 2 aromatic carbocycles. The predicted molar refractivity (Wildman–Crippen MR) is 120 cm³/mol. The molecule has 1 saturated heterocycles. The SMILES string of the molecule is CCN1C(=O)[C@@H](CC(=O)Nc2ccc(OC)cc2)SC1=Nc1ccc(C(=O)OC)cc1. The summed E-state index contributed by atoms with van der Waals surface area (Å²) in [6.45, 7) is 2.30. The molecule has 0 aromatic heterocycles. The Bertz CT molecular complexity index is 989. The van der Waals surface area contributed by atoms with Crippen molar-refractivity contribution >= 4 is 46.1 Å². The molecule has 0 unspecified atom stereocenters. The average Bonchev–Trinajstić information content (AvgIpc) is 3.07. The molecule has 9 heteroatoms. The number of carbonyl (C=O) groups is 3. The van der Waals surface area contributed by atoms with Gasteiger partial charge >= 0.3 is 5.97 Å². The summed E-state index contributed by atoms with van der Waals surface area (Å²) in [6.07, 6.45) is 0.0341. The Labute approximate surface area is 184 Å². The van der Waals surface area contributed by atoms with Crippen molar-refractivity contribution in [1.29, 1.82) is 0 Å². The number of amides is 2. The number of methoxy groups -OCH3 is 2. The maximum absolute atomic E-state index is 12.8. The smallest absolute Gasteiger partial charge is 0.337 e. The van der Waals surface area contributed by atoms with Gasteiger partial charge in [0.25, 0.3) is 0 Å². The number of thioether (sulfide) groups is 1. The van der Waals surface area contributed by atoms with Crippen LogP contribution >= 0.6 is 11.8 Å². The zero-order chi connectivity index (χ0) is 22.4. The molecule has 31 heavy (non-hydrogen) atoms. The summed E-state index contributed by atoms with van der Waals surface area (Å²) in [6, 6.07) is 13.6.